The second kappa shape index (κ2) is 8.43. The molecule has 1 aliphatic rings. The van der Waals surface area contributed by atoms with E-state index >= 15 is 0 Å². The van der Waals surface area contributed by atoms with Crippen molar-refractivity contribution in [3.8, 4) is 0 Å². The first-order valence-electron chi connectivity index (χ1n) is 9.22. The summed E-state index contributed by atoms with van der Waals surface area (Å²) in [4.78, 5) is 25.8. The number of amides is 1. The third-order valence-electron chi connectivity index (χ3n) is 4.46. The van der Waals surface area contributed by atoms with Crippen molar-refractivity contribution < 1.29 is 19.4 Å². The summed E-state index contributed by atoms with van der Waals surface area (Å²) in [5.74, 6) is -1.07. The first-order chi connectivity index (χ1) is 12.2. The molecule has 0 aromatic heterocycles. The molecule has 1 fully saturated rings. The Hall–Kier alpha value is -2.24. The Kier molecular flexibility index (Phi) is 6.51. The zero-order chi connectivity index (χ0) is 19.3. The number of nitrogens with zero attached hydrogens (tertiary/aromatic N) is 1. The summed E-state index contributed by atoms with van der Waals surface area (Å²) in [7, 11) is 0. The highest BCUT2D eigenvalue weighted by atomic mass is 16.6. The van der Waals surface area contributed by atoms with Gasteiger partial charge in [-0.15, -0.1) is 0 Å². The Morgan fingerprint density at radius 2 is 1.88 bits per heavy atom. The summed E-state index contributed by atoms with van der Waals surface area (Å²) in [6.45, 7) is 9.34. The number of alkyl carbamates (subject to hydrolysis) is 1. The number of carbonyl (C=O) groups is 2. The third-order valence-corrected chi connectivity index (χ3v) is 4.46. The van der Waals surface area contributed by atoms with Gasteiger partial charge in [0.25, 0.3) is 0 Å². The lowest BCUT2D eigenvalue weighted by molar-refractivity contribution is -0.139. The van der Waals surface area contributed by atoms with Gasteiger partial charge >= 0.3 is 12.1 Å². The largest absolute Gasteiger partial charge is 0.480 e. The summed E-state index contributed by atoms with van der Waals surface area (Å²) >= 11 is 0. The Labute approximate surface area is 155 Å². The lowest BCUT2D eigenvalue weighted by Crippen LogP contribution is -2.44. The predicted octanol–water partition coefficient (Wildman–Crippen LogP) is 3.51. The van der Waals surface area contributed by atoms with Crippen LogP contribution in [0.4, 0.5) is 10.5 Å². The average Bonchev–Trinajstić information content (AvgIpc) is 2.54. The predicted molar refractivity (Wildman–Crippen MR) is 102 cm³/mol. The van der Waals surface area contributed by atoms with Gasteiger partial charge in [0.15, 0.2) is 0 Å². The second-order valence-electron chi connectivity index (χ2n) is 7.90. The normalized spacial score (nSPS) is 16.1. The number of hydrogen-bond donors (Lipinski definition) is 2. The average molecular weight is 362 g/mol. The number of carboxylic acid groups (broad SMARTS) is 1. The number of nitrogens with one attached hydrogen (secondary N) is 1. The molecular formula is C20H30N2O4. The van der Waals surface area contributed by atoms with Crippen LogP contribution in [-0.4, -0.2) is 41.9 Å². The van der Waals surface area contributed by atoms with E-state index in [9.17, 15) is 14.7 Å². The fourth-order valence-corrected chi connectivity index (χ4v) is 3.13. The van der Waals surface area contributed by atoms with Gasteiger partial charge in [0, 0.05) is 25.2 Å². The Balaban J connectivity index is 2.06. The molecule has 26 heavy (non-hydrogen) atoms. The van der Waals surface area contributed by atoms with Crippen LogP contribution >= 0.6 is 0 Å². The first kappa shape index (κ1) is 20.1. The van der Waals surface area contributed by atoms with Crippen LogP contribution in [0.2, 0.25) is 0 Å². The molecule has 1 aromatic rings. The Morgan fingerprint density at radius 1 is 1.23 bits per heavy atom. The highest BCUT2D eigenvalue weighted by Crippen LogP contribution is 2.23. The van der Waals surface area contributed by atoms with E-state index < -0.39 is 23.7 Å². The molecule has 6 heteroatoms. The summed E-state index contributed by atoms with van der Waals surface area (Å²) in [5.41, 5.74) is 2.46. The van der Waals surface area contributed by atoms with E-state index in [1.165, 1.54) is 24.9 Å². The van der Waals surface area contributed by atoms with Gasteiger partial charge in [0.1, 0.15) is 11.6 Å². The minimum atomic E-state index is -1.07. The maximum atomic E-state index is 11.9. The van der Waals surface area contributed by atoms with Gasteiger partial charge in [-0.1, -0.05) is 6.07 Å². The van der Waals surface area contributed by atoms with Crippen LogP contribution in [0.3, 0.4) is 0 Å². The molecule has 0 radical (unpaired) electrons. The van der Waals surface area contributed by atoms with Crippen LogP contribution < -0.4 is 10.2 Å². The zero-order valence-corrected chi connectivity index (χ0v) is 16.2. The number of piperidine rings is 1. The van der Waals surface area contributed by atoms with Crippen LogP contribution in [0.15, 0.2) is 18.2 Å². The maximum absolute atomic E-state index is 11.9. The molecule has 0 aliphatic carbocycles. The molecule has 1 heterocycles. The smallest absolute Gasteiger partial charge is 0.408 e. The minimum Gasteiger partial charge on any atom is -0.480 e. The van der Waals surface area contributed by atoms with Crippen molar-refractivity contribution in [1.82, 2.24) is 5.32 Å². The molecule has 6 nitrogen and oxygen atoms in total. The molecule has 1 aromatic carbocycles. The quantitative estimate of drug-likeness (QED) is 0.838. The summed E-state index contributed by atoms with van der Waals surface area (Å²) < 4.78 is 5.16. The summed E-state index contributed by atoms with van der Waals surface area (Å²) in [6, 6.07) is 5.09. The van der Waals surface area contributed by atoms with Crippen molar-refractivity contribution >= 4 is 17.7 Å². The standard InChI is InChI=1S/C20H30N2O4/c1-14-12-16(22-10-6-5-7-11-22)9-8-15(14)13-17(18(23)24)21-19(25)26-20(2,3)4/h8-9,12,17H,5-7,10-11,13H2,1-4H3,(H,21,25)(H,23,24). The molecule has 144 valence electrons. The van der Waals surface area contributed by atoms with Gasteiger partial charge in [-0.05, 0) is 70.2 Å². The molecule has 1 amide bonds. The van der Waals surface area contributed by atoms with Crippen molar-refractivity contribution in [1.29, 1.82) is 0 Å². The number of benzene rings is 1. The highest BCUT2D eigenvalue weighted by molar-refractivity contribution is 5.80. The monoisotopic (exact) mass is 362 g/mol. The van der Waals surface area contributed by atoms with Crippen LogP contribution in [0.1, 0.15) is 51.2 Å². The number of aryl methyl sites for hydroxylation is 1. The van der Waals surface area contributed by atoms with Crippen molar-refractivity contribution in [2.75, 3.05) is 18.0 Å². The number of aliphatic carboxylic acids is 1. The van der Waals surface area contributed by atoms with E-state index in [0.29, 0.717) is 0 Å². The van der Waals surface area contributed by atoms with Crippen LogP contribution in [0, 0.1) is 6.92 Å². The highest BCUT2D eigenvalue weighted by Gasteiger charge is 2.25. The topological polar surface area (TPSA) is 78.9 Å². The Morgan fingerprint density at radius 3 is 2.42 bits per heavy atom. The summed E-state index contributed by atoms with van der Waals surface area (Å²) in [6.07, 6.45) is 3.21. The number of hydrogen-bond acceptors (Lipinski definition) is 4. The molecule has 2 rings (SSSR count). The van der Waals surface area contributed by atoms with E-state index in [1.807, 2.05) is 19.1 Å². The van der Waals surface area contributed by atoms with E-state index in [1.54, 1.807) is 20.8 Å². The van der Waals surface area contributed by atoms with Crippen LogP contribution in [0.25, 0.3) is 0 Å². The second-order valence-corrected chi connectivity index (χ2v) is 7.90. The molecule has 0 spiro atoms. The SMILES string of the molecule is Cc1cc(N2CCCCC2)ccc1CC(NC(=O)OC(C)(C)C)C(=O)O. The van der Waals surface area contributed by atoms with E-state index in [-0.39, 0.29) is 6.42 Å². The van der Waals surface area contributed by atoms with Gasteiger partial charge in [0.2, 0.25) is 0 Å². The van der Waals surface area contributed by atoms with E-state index in [2.05, 4.69) is 16.3 Å². The molecular weight excluding hydrogens is 332 g/mol. The van der Waals surface area contributed by atoms with Gasteiger partial charge in [0.05, 0.1) is 0 Å². The van der Waals surface area contributed by atoms with Gasteiger partial charge in [-0.3, -0.25) is 0 Å². The number of carbonyl (C=O) groups excluding carboxylic acids is 1. The first-order valence-corrected chi connectivity index (χ1v) is 9.22. The molecule has 2 N–H and O–H groups in total. The lowest BCUT2D eigenvalue weighted by atomic mass is 9.99. The number of ether oxygens (including phenoxy) is 1. The minimum absolute atomic E-state index is 0.223. The molecule has 1 atom stereocenters. The van der Waals surface area contributed by atoms with Crippen LogP contribution in [-0.2, 0) is 16.0 Å². The van der Waals surface area contributed by atoms with Crippen molar-refractivity contribution in [2.24, 2.45) is 0 Å². The maximum Gasteiger partial charge on any atom is 0.408 e. The fourth-order valence-electron chi connectivity index (χ4n) is 3.13. The van der Waals surface area contributed by atoms with E-state index in [4.69, 9.17) is 4.74 Å². The Bertz CT molecular complexity index is 646. The van der Waals surface area contributed by atoms with E-state index in [0.717, 1.165) is 24.2 Å². The molecule has 0 saturated carbocycles. The number of carboxylic acids is 1. The van der Waals surface area contributed by atoms with Crippen molar-refractivity contribution in [2.45, 2.75) is 65.0 Å². The zero-order valence-electron chi connectivity index (χ0n) is 16.2. The third kappa shape index (κ3) is 5.93. The summed E-state index contributed by atoms with van der Waals surface area (Å²) in [5, 5.41) is 11.9. The lowest BCUT2D eigenvalue weighted by Gasteiger charge is -2.29. The van der Waals surface area contributed by atoms with Gasteiger partial charge in [-0.25, -0.2) is 9.59 Å². The molecule has 1 aliphatic heterocycles. The molecule has 1 unspecified atom stereocenters. The van der Waals surface area contributed by atoms with Crippen molar-refractivity contribution in [3.05, 3.63) is 29.3 Å². The van der Waals surface area contributed by atoms with Crippen LogP contribution in [0.5, 0.6) is 0 Å². The van der Waals surface area contributed by atoms with Gasteiger partial charge in [-0.2, -0.15) is 0 Å². The molecule has 1 saturated heterocycles. The fraction of sp³-hybridized carbons (Fsp3) is 0.600. The van der Waals surface area contributed by atoms with Gasteiger partial charge < -0.3 is 20.1 Å². The molecule has 0 bridgehead atoms. The van der Waals surface area contributed by atoms with Crippen molar-refractivity contribution in [3.63, 3.8) is 0 Å². The number of rotatable bonds is 5. The number of anilines is 1.